The molecule has 2 heterocycles. The van der Waals surface area contributed by atoms with Crippen molar-refractivity contribution >= 4 is 20.9 Å². The highest BCUT2D eigenvalue weighted by Gasteiger charge is 2.22. The lowest BCUT2D eigenvalue weighted by Crippen LogP contribution is -2.14. The number of methoxy groups -OCH3 is 1. The van der Waals surface area contributed by atoms with E-state index in [0.717, 1.165) is 27.6 Å². The second-order valence-electron chi connectivity index (χ2n) is 6.92. The van der Waals surface area contributed by atoms with Crippen LogP contribution in [-0.2, 0) is 27.9 Å². The fourth-order valence-electron chi connectivity index (χ4n) is 3.50. The van der Waals surface area contributed by atoms with E-state index < -0.39 is 10.0 Å². The monoisotopic (exact) mass is 409 g/mol. The van der Waals surface area contributed by atoms with Gasteiger partial charge in [0.25, 0.3) is 10.0 Å². The van der Waals surface area contributed by atoms with Crippen LogP contribution < -0.4 is 5.32 Å². The van der Waals surface area contributed by atoms with E-state index in [-0.39, 0.29) is 4.90 Å². The molecule has 0 aliphatic heterocycles. The van der Waals surface area contributed by atoms with Crippen LogP contribution in [0.2, 0.25) is 0 Å². The molecule has 150 valence electrons. The zero-order chi connectivity index (χ0) is 20.4. The summed E-state index contributed by atoms with van der Waals surface area (Å²) in [5.41, 5.74) is 4.20. The third-order valence-corrected chi connectivity index (χ3v) is 6.51. The second kappa shape index (κ2) is 7.87. The van der Waals surface area contributed by atoms with Crippen LogP contribution in [0.5, 0.6) is 0 Å². The zero-order valence-corrected chi connectivity index (χ0v) is 17.2. The molecule has 2 N–H and O–H groups in total. The number of hydrogen-bond donors (Lipinski definition) is 2. The van der Waals surface area contributed by atoms with Gasteiger partial charge in [0.15, 0.2) is 0 Å². The molecule has 0 fully saturated rings. The van der Waals surface area contributed by atoms with E-state index in [1.165, 1.54) is 3.97 Å². The Bertz CT molecular complexity index is 1260. The highest BCUT2D eigenvalue weighted by atomic mass is 32.2. The van der Waals surface area contributed by atoms with Crippen LogP contribution in [0.3, 0.4) is 0 Å². The third kappa shape index (κ3) is 3.72. The summed E-state index contributed by atoms with van der Waals surface area (Å²) in [5, 5.41) is 4.12. The molecule has 0 spiro atoms. The van der Waals surface area contributed by atoms with Crippen molar-refractivity contribution in [3.8, 4) is 11.3 Å². The van der Waals surface area contributed by atoms with Crippen LogP contribution >= 0.6 is 0 Å². The summed E-state index contributed by atoms with van der Waals surface area (Å²) in [6.45, 7) is 0.933. The molecular weight excluding hydrogens is 386 g/mol. The number of H-pyrrole nitrogens is 1. The second-order valence-corrected chi connectivity index (χ2v) is 8.74. The summed E-state index contributed by atoms with van der Waals surface area (Å²) in [7, 11) is -0.342. The first kappa shape index (κ1) is 19.4. The van der Waals surface area contributed by atoms with Gasteiger partial charge in [0.05, 0.1) is 17.2 Å². The number of aromatic amines is 1. The SMILES string of the molecule is CNCc1cc(-c2ccc3[nH]ccc3c2)n(S(=O)(=O)c2cccc(COC)c2)c1. The summed E-state index contributed by atoms with van der Waals surface area (Å²) in [6, 6.07) is 16.7. The van der Waals surface area contributed by atoms with Gasteiger partial charge in [-0.25, -0.2) is 12.4 Å². The van der Waals surface area contributed by atoms with Crippen LogP contribution in [-0.4, -0.2) is 31.5 Å². The maximum atomic E-state index is 13.5. The quantitative estimate of drug-likeness (QED) is 0.488. The number of fused-ring (bicyclic) bond motifs is 1. The van der Waals surface area contributed by atoms with Gasteiger partial charge in [-0.1, -0.05) is 18.2 Å². The minimum atomic E-state index is -3.77. The summed E-state index contributed by atoms with van der Waals surface area (Å²) in [6.07, 6.45) is 3.56. The standard InChI is InChI=1S/C22H23N3O3S/c1-23-13-17-11-22(19-6-7-21-18(12-19)8-9-24-21)25(14-17)29(26,27)20-5-3-4-16(10-20)15-28-2/h3-12,14,23-24H,13,15H2,1-2H3. The van der Waals surface area contributed by atoms with Gasteiger partial charge >= 0.3 is 0 Å². The summed E-state index contributed by atoms with van der Waals surface area (Å²) in [4.78, 5) is 3.40. The predicted molar refractivity (Wildman–Crippen MR) is 114 cm³/mol. The molecule has 0 radical (unpaired) electrons. The van der Waals surface area contributed by atoms with Crippen molar-refractivity contribution in [3.05, 3.63) is 78.1 Å². The van der Waals surface area contributed by atoms with Crippen molar-refractivity contribution in [1.29, 1.82) is 0 Å². The fourth-order valence-corrected chi connectivity index (χ4v) is 4.96. The summed E-state index contributed by atoms with van der Waals surface area (Å²) >= 11 is 0. The van der Waals surface area contributed by atoms with Crippen molar-refractivity contribution in [3.63, 3.8) is 0 Å². The number of aromatic nitrogens is 2. The molecule has 2 aromatic carbocycles. The summed E-state index contributed by atoms with van der Waals surface area (Å²) < 4.78 is 33.5. The zero-order valence-electron chi connectivity index (χ0n) is 16.3. The molecule has 4 aromatic rings. The first-order valence-corrected chi connectivity index (χ1v) is 10.7. The number of benzene rings is 2. The average molecular weight is 410 g/mol. The van der Waals surface area contributed by atoms with Crippen LogP contribution in [0.25, 0.3) is 22.2 Å². The van der Waals surface area contributed by atoms with Gasteiger partial charge in [-0.05, 0) is 60.1 Å². The van der Waals surface area contributed by atoms with Crippen LogP contribution in [0.1, 0.15) is 11.1 Å². The molecule has 6 nitrogen and oxygen atoms in total. The highest BCUT2D eigenvalue weighted by molar-refractivity contribution is 7.90. The van der Waals surface area contributed by atoms with E-state index in [1.54, 1.807) is 31.5 Å². The van der Waals surface area contributed by atoms with Crippen molar-refractivity contribution in [2.45, 2.75) is 18.0 Å². The Morgan fingerprint density at radius 3 is 2.72 bits per heavy atom. The summed E-state index contributed by atoms with van der Waals surface area (Å²) in [5.74, 6) is 0. The van der Waals surface area contributed by atoms with Crippen molar-refractivity contribution in [1.82, 2.24) is 14.3 Å². The number of nitrogens with one attached hydrogen (secondary N) is 2. The average Bonchev–Trinajstić information content (AvgIpc) is 3.35. The minimum Gasteiger partial charge on any atom is -0.380 e. The van der Waals surface area contributed by atoms with E-state index in [9.17, 15) is 8.42 Å². The Balaban J connectivity index is 1.87. The maximum absolute atomic E-state index is 13.5. The smallest absolute Gasteiger partial charge is 0.268 e. The Kier molecular flexibility index (Phi) is 5.27. The Hall–Kier alpha value is -2.87. The third-order valence-electron chi connectivity index (χ3n) is 4.84. The van der Waals surface area contributed by atoms with Crippen LogP contribution in [0.4, 0.5) is 0 Å². The maximum Gasteiger partial charge on any atom is 0.268 e. The fraction of sp³-hybridized carbons (Fsp3) is 0.182. The van der Waals surface area contributed by atoms with Crippen LogP contribution in [0.15, 0.2) is 71.9 Å². The van der Waals surface area contributed by atoms with Gasteiger partial charge < -0.3 is 15.0 Å². The lowest BCUT2D eigenvalue weighted by Gasteiger charge is -2.12. The molecule has 0 amide bonds. The van der Waals surface area contributed by atoms with Gasteiger partial charge in [0, 0.05) is 37.0 Å². The van der Waals surface area contributed by atoms with Crippen LogP contribution in [0, 0.1) is 0 Å². The molecule has 0 saturated heterocycles. The van der Waals surface area contributed by atoms with Gasteiger partial charge in [-0.2, -0.15) is 0 Å². The van der Waals surface area contributed by atoms with E-state index in [1.807, 2.05) is 49.6 Å². The Morgan fingerprint density at radius 1 is 1.07 bits per heavy atom. The van der Waals surface area contributed by atoms with Crippen molar-refractivity contribution in [2.24, 2.45) is 0 Å². The molecule has 0 unspecified atom stereocenters. The molecule has 29 heavy (non-hydrogen) atoms. The molecule has 7 heteroatoms. The minimum absolute atomic E-state index is 0.239. The topological polar surface area (TPSA) is 76.1 Å². The number of nitrogens with zero attached hydrogens (tertiary/aromatic N) is 1. The van der Waals surface area contributed by atoms with E-state index in [2.05, 4.69) is 10.3 Å². The molecule has 0 saturated carbocycles. The number of hydrogen-bond acceptors (Lipinski definition) is 4. The van der Waals surface area contributed by atoms with Crippen molar-refractivity contribution in [2.75, 3.05) is 14.2 Å². The lowest BCUT2D eigenvalue weighted by molar-refractivity contribution is 0.184. The van der Waals surface area contributed by atoms with E-state index >= 15 is 0 Å². The molecule has 0 atom stereocenters. The lowest BCUT2D eigenvalue weighted by atomic mass is 10.1. The van der Waals surface area contributed by atoms with Crippen molar-refractivity contribution < 1.29 is 13.2 Å². The molecule has 0 aliphatic rings. The molecule has 2 aromatic heterocycles. The predicted octanol–water partition coefficient (Wildman–Crippen LogP) is 3.74. The van der Waals surface area contributed by atoms with Gasteiger partial charge in [-0.15, -0.1) is 0 Å². The molecule has 4 rings (SSSR count). The van der Waals surface area contributed by atoms with E-state index in [0.29, 0.717) is 18.8 Å². The highest BCUT2D eigenvalue weighted by Crippen LogP contribution is 2.29. The molecular formula is C22H23N3O3S. The van der Waals surface area contributed by atoms with Gasteiger partial charge in [0.2, 0.25) is 0 Å². The first-order chi connectivity index (χ1) is 14.0. The molecule has 0 bridgehead atoms. The van der Waals surface area contributed by atoms with E-state index in [4.69, 9.17) is 4.74 Å². The number of ether oxygens (including phenoxy) is 1. The Morgan fingerprint density at radius 2 is 1.93 bits per heavy atom. The number of rotatable bonds is 7. The first-order valence-electron chi connectivity index (χ1n) is 9.30. The van der Waals surface area contributed by atoms with Gasteiger partial charge in [-0.3, -0.25) is 0 Å². The largest absolute Gasteiger partial charge is 0.380 e. The molecule has 0 aliphatic carbocycles. The Labute approximate surface area is 170 Å². The normalized spacial score (nSPS) is 11.9. The van der Waals surface area contributed by atoms with Gasteiger partial charge in [0.1, 0.15) is 0 Å².